The van der Waals surface area contributed by atoms with Gasteiger partial charge in [-0.1, -0.05) is 26.0 Å². The molecule has 26 heavy (non-hydrogen) atoms. The third-order valence-corrected chi connectivity index (χ3v) is 8.86. The molecule has 2 amide bonds. The molecule has 138 valence electrons. The molecule has 0 aromatic heterocycles. The maximum atomic E-state index is 13.2. The second-order valence-electron chi connectivity index (χ2n) is 8.10. The Kier molecular flexibility index (Phi) is 3.28. The number of fused-ring (bicyclic) bond motifs is 3. The Morgan fingerprint density at radius 1 is 1.12 bits per heavy atom. The van der Waals surface area contributed by atoms with E-state index in [1.807, 2.05) is 13.8 Å². The zero-order chi connectivity index (χ0) is 19.1. The number of hydrogen-bond acceptors (Lipinski definition) is 6. The fourth-order valence-corrected chi connectivity index (χ4v) is 7.21. The van der Waals surface area contributed by atoms with Crippen LogP contribution in [0.1, 0.15) is 53.8 Å². The highest BCUT2D eigenvalue weighted by Crippen LogP contribution is 2.64. The van der Waals surface area contributed by atoms with Gasteiger partial charge in [-0.15, -0.1) is 4.05 Å². The number of Topliss-reactive ketones (excluding diaryl/α,β-unsaturated/α-hetero) is 1. The van der Waals surface area contributed by atoms with Crippen molar-refractivity contribution in [2.24, 2.45) is 16.7 Å². The summed E-state index contributed by atoms with van der Waals surface area (Å²) >= 11 is 0. The van der Waals surface area contributed by atoms with Gasteiger partial charge in [-0.3, -0.25) is 4.79 Å². The summed E-state index contributed by atoms with van der Waals surface area (Å²) in [5, 5.41) is 13.2. The number of imide groups is 1. The van der Waals surface area contributed by atoms with Gasteiger partial charge in [0.05, 0.1) is 16.5 Å². The fourth-order valence-electron chi connectivity index (χ4n) is 5.03. The number of ketones is 1. The number of nitrogens with zero attached hydrogens (tertiary/aromatic N) is 1. The van der Waals surface area contributed by atoms with Crippen molar-refractivity contribution in [3.63, 3.8) is 0 Å². The second-order valence-corrected chi connectivity index (χ2v) is 10.1. The molecule has 1 aromatic rings. The van der Waals surface area contributed by atoms with Crippen LogP contribution in [0.15, 0.2) is 24.3 Å². The average Bonchev–Trinajstić information content (AvgIpc) is 3.02. The van der Waals surface area contributed by atoms with E-state index in [9.17, 15) is 28.0 Å². The van der Waals surface area contributed by atoms with Gasteiger partial charge in [-0.05, 0) is 36.3 Å². The molecule has 1 aliphatic heterocycles. The quantitative estimate of drug-likeness (QED) is 0.453. The van der Waals surface area contributed by atoms with Crippen molar-refractivity contribution < 1.29 is 26.9 Å². The lowest BCUT2D eigenvalue weighted by atomic mass is 9.70. The van der Waals surface area contributed by atoms with Crippen LogP contribution in [0.25, 0.3) is 0 Å². The lowest BCUT2D eigenvalue weighted by molar-refractivity contribution is -0.563. The van der Waals surface area contributed by atoms with Gasteiger partial charge in [0.25, 0.3) is 0 Å². The van der Waals surface area contributed by atoms with E-state index in [0.717, 1.165) is 0 Å². The summed E-state index contributed by atoms with van der Waals surface area (Å²) in [5.74, 6) is -3.48. The molecule has 0 saturated heterocycles. The molecule has 0 radical (unpaired) electrons. The van der Waals surface area contributed by atoms with E-state index in [1.54, 1.807) is 0 Å². The minimum atomic E-state index is -4.79. The molecular weight excluding hydrogens is 358 g/mol. The summed E-state index contributed by atoms with van der Waals surface area (Å²) in [7, 11) is -4.79. The molecule has 2 aliphatic carbocycles. The van der Waals surface area contributed by atoms with Crippen LogP contribution in [0.3, 0.4) is 0 Å². The maximum Gasteiger partial charge on any atom is 0.369 e. The molecule has 8 heteroatoms. The lowest BCUT2D eigenvalue weighted by Gasteiger charge is -2.39. The first kappa shape index (κ1) is 17.5. The van der Waals surface area contributed by atoms with Crippen molar-refractivity contribution in [1.29, 1.82) is 0 Å². The number of rotatable bonds is 3. The molecule has 3 aliphatic rings. The maximum absolute atomic E-state index is 13.2. The molecule has 4 rings (SSSR count). The monoisotopic (exact) mass is 377 g/mol. The Morgan fingerprint density at radius 2 is 1.65 bits per heavy atom. The predicted molar refractivity (Wildman–Crippen MR) is 91.1 cm³/mol. The van der Waals surface area contributed by atoms with Crippen LogP contribution >= 0.6 is 0 Å². The van der Waals surface area contributed by atoms with Gasteiger partial charge in [-0.25, -0.2) is 9.59 Å². The Labute approximate surface area is 151 Å². The number of carbonyl (C=O) groups excluding carboxylic acids is 3. The van der Waals surface area contributed by atoms with Gasteiger partial charge >= 0.3 is 21.8 Å². The van der Waals surface area contributed by atoms with Crippen LogP contribution in [0.4, 0.5) is 0 Å². The second kappa shape index (κ2) is 4.88. The van der Waals surface area contributed by atoms with Crippen molar-refractivity contribution in [2.45, 2.75) is 33.1 Å². The standard InChI is InChI=1S/C18H19NO6S/c1-17(2)11-7-8-18(17,14(20)9-11)10-26(24,25)19(23)15(21)12-5-3-4-6-13(12)16(19)22/h3-6,11H,7-10H2,1-2H3. The first-order chi connectivity index (χ1) is 12.0. The van der Waals surface area contributed by atoms with Crippen molar-refractivity contribution in [2.75, 3.05) is 5.75 Å². The molecule has 2 unspecified atom stereocenters. The van der Waals surface area contributed by atoms with Crippen molar-refractivity contribution in [1.82, 2.24) is 0 Å². The van der Waals surface area contributed by atoms with Crippen LogP contribution in [0.5, 0.6) is 0 Å². The molecule has 0 N–H and O–H groups in total. The van der Waals surface area contributed by atoms with Crippen LogP contribution in [-0.2, 0) is 14.8 Å². The highest BCUT2D eigenvalue weighted by Gasteiger charge is 2.68. The zero-order valence-corrected chi connectivity index (χ0v) is 15.3. The lowest BCUT2D eigenvalue weighted by Crippen LogP contribution is -2.57. The molecule has 2 fully saturated rings. The number of hydroxylamine groups is 2. The van der Waals surface area contributed by atoms with Gasteiger partial charge in [-0.2, -0.15) is 8.42 Å². The summed E-state index contributed by atoms with van der Waals surface area (Å²) in [6, 6.07) is 5.49. The highest BCUT2D eigenvalue weighted by atomic mass is 32.2. The van der Waals surface area contributed by atoms with E-state index in [4.69, 9.17) is 0 Å². The minimum absolute atomic E-state index is 0.0625. The number of carbonyl (C=O) groups is 3. The number of hydrogen-bond donors (Lipinski definition) is 0. The average molecular weight is 377 g/mol. The highest BCUT2D eigenvalue weighted by molar-refractivity contribution is 7.86. The van der Waals surface area contributed by atoms with E-state index in [2.05, 4.69) is 0 Å². The normalized spacial score (nSPS) is 31.5. The Balaban J connectivity index is 1.80. The number of sulfonamides is 1. The Bertz CT molecular complexity index is 944. The predicted octanol–water partition coefficient (Wildman–Crippen LogP) is 2.02. The molecule has 7 nitrogen and oxygen atoms in total. The molecule has 0 spiro atoms. The molecule has 2 saturated carbocycles. The fraction of sp³-hybridized carbons (Fsp3) is 0.500. The smallest absolute Gasteiger partial charge is 0.369 e. The van der Waals surface area contributed by atoms with Gasteiger partial charge in [0, 0.05) is 6.42 Å². The van der Waals surface area contributed by atoms with Gasteiger partial charge < -0.3 is 5.21 Å². The third kappa shape index (κ3) is 1.74. The number of amides is 2. The van der Waals surface area contributed by atoms with Gasteiger partial charge in [0.1, 0.15) is 11.5 Å². The Hall–Kier alpha value is -1.90. The van der Waals surface area contributed by atoms with E-state index in [-0.39, 0.29) is 29.2 Å². The van der Waals surface area contributed by atoms with Crippen LogP contribution in [0, 0.1) is 22.0 Å². The molecule has 2 atom stereocenters. The van der Waals surface area contributed by atoms with Crippen LogP contribution in [-0.4, -0.2) is 35.8 Å². The van der Waals surface area contributed by atoms with E-state index >= 15 is 0 Å². The first-order valence-corrected chi connectivity index (χ1v) is 10.1. The molecule has 1 heterocycles. The Morgan fingerprint density at radius 3 is 2.08 bits per heavy atom. The van der Waals surface area contributed by atoms with Gasteiger partial charge in [0.15, 0.2) is 0 Å². The topological polar surface area (TPSA) is 108 Å². The van der Waals surface area contributed by atoms with Crippen molar-refractivity contribution >= 4 is 27.6 Å². The van der Waals surface area contributed by atoms with Crippen LogP contribution < -0.4 is 0 Å². The minimum Gasteiger partial charge on any atom is -0.601 e. The summed E-state index contributed by atoms with van der Waals surface area (Å²) in [6.07, 6.45) is 1.34. The van der Waals surface area contributed by atoms with Crippen molar-refractivity contribution in [3.05, 3.63) is 40.6 Å². The summed E-state index contributed by atoms with van der Waals surface area (Å²) in [5.41, 5.74) is -2.17. The zero-order valence-electron chi connectivity index (χ0n) is 14.5. The number of quaternary nitrogens is 1. The van der Waals surface area contributed by atoms with Crippen LogP contribution in [0.2, 0.25) is 0 Å². The van der Waals surface area contributed by atoms with Crippen molar-refractivity contribution in [3.8, 4) is 0 Å². The third-order valence-electron chi connectivity index (χ3n) is 6.88. The largest absolute Gasteiger partial charge is 0.601 e. The number of benzene rings is 1. The molecule has 1 aromatic carbocycles. The molecule has 2 bridgehead atoms. The van der Waals surface area contributed by atoms with E-state index in [1.165, 1.54) is 24.3 Å². The first-order valence-electron chi connectivity index (χ1n) is 8.54. The van der Waals surface area contributed by atoms with E-state index in [0.29, 0.717) is 12.8 Å². The van der Waals surface area contributed by atoms with E-state index < -0.39 is 42.5 Å². The van der Waals surface area contributed by atoms with Gasteiger partial charge in [0.2, 0.25) is 0 Å². The summed E-state index contributed by atoms with van der Waals surface area (Å²) < 4.78 is 23.6. The summed E-state index contributed by atoms with van der Waals surface area (Å²) in [4.78, 5) is 37.7. The molecular formula is C18H19NO6S. The SMILES string of the molecule is CC1(C)C2CCC1(CS(=O)(=O)[N+]1([O-])C(=O)c3ccccc3C1=O)C(=O)C2. The summed E-state index contributed by atoms with van der Waals surface area (Å²) in [6.45, 7) is 3.67.